The zero-order valence-corrected chi connectivity index (χ0v) is 45.2. The van der Waals surface area contributed by atoms with E-state index in [0.717, 1.165) is 99.3 Å². The molecule has 8 heterocycles. The average Bonchev–Trinajstić information content (AvgIpc) is 3.99. The molecule has 0 bridgehead atoms. The fraction of sp³-hybridized carbons (Fsp3) is 0.415. The minimum atomic E-state index is -2.82. The Morgan fingerprint density at radius 3 is 2.21 bits per heavy atom. The van der Waals surface area contributed by atoms with Crippen LogP contribution in [0, 0.1) is 11.7 Å². The number of aromatic nitrogens is 6. The molecule has 0 spiro atoms. The van der Waals surface area contributed by atoms with Crippen LogP contribution < -0.4 is 35.8 Å². The molecule has 5 aliphatic heterocycles. The Labute approximate surface area is 447 Å². The number of imide groups is 2. The molecule has 4 amide bonds. The van der Waals surface area contributed by atoms with Crippen LogP contribution in [0.15, 0.2) is 71.9 Å². The highest BCUT2D eigenvalue weighted by molar-refractivity contribution is 9.10. The van der Waals surface area contributed by atoms with Crippen LogP contribution >= 0.6 is 23.1 Å². The topological polar surface area (TPSA) is 216 Å². The molecule has 20 nitrogen and oxygen atoms in total. The Hall–Kier alpha value is -6.87. The lowest BCUT2D eigenvalue weighted by atomic mass is 9.94. The number of rotatable bonds is 13. The molecule has 4 fully saturated rings. The van der Waals surface area contributed by atoms with Crippen LogP contribution in [0.4, 0.5) is 38.9 Å². The van der Waals surface area contributed by atoms with E-state index in [0.29, 0.717) is 74.8 Å². The normalized spacial score (nSPS) is 19.4. The van der Waals surface area contributed by atoms with Gasteiger partial charge < -0.3 is 34.6 Å². The molecule has 396 valence electrons. The summed E-state index contributed by atoms with van der Waals surface area (Å²) in [6.45, 7) is 11.3. The second kappa shape index (κ2) is 20.9. The van der Waals surface area contributed by atoms with Gasteiger partial charge >= 0.3 is 0 Å². The number of anilines is 6. The predicted octanol–water partition coefficient (Wildman–Crippen LogP) is 6.37. The molecule has 6 aromatic rings. The van der Waals surface area contributed by atoms with Gasteiger partial charge in [0.05, 0.1) is 56.8 Å². The van der Waals surface area contributed by atoms with Crippen molar-refractivity contribution in [3.05, 3.63) is 88.8 Å². The van der Waals surface area contributed by atoms with E-state index in [1.54, 1.807) is 43.7 Å². The Kier molecular flexibility index (Phi) is 14.1. The van der Waals surface area contributed by atoms with Crippen molar-refractivity contribution in [3.8, 4) is 16.9 Å². The summed E-state index contributed by atoms with van der Waals surface area (Å²) < 4.78 is 37.7. The van der Waals surface area contributed by atoms with Gasteiger partial charge in [-0.1, -0.05) is 0 Å². The number of nitrogens with zero attached hydrogens (tertiary/aromatic N) is 11. The number of hydrogen-bond donors (Lipinski definition) is 3. The number of piperazine rings is 1. The molecular formula is C53H59BrFN14O6P. The molecular weight excluding hydrogens is 1060 g/mol. The van der Waals surface area contributed by atoms with Crippen molar-refractivity contribution in [2.75, 3.05) is 99.8 Å². The van der Waals surface area contributed by atoms with Gasteiger partial charge in [-0.3, -0.25) is 48.9 Å². The highest BCUT2D eigenvalue weighted by Gasteiger charge is 2.45. The lowest BCUT2D eigenvalue weighted by Gasteiger charge is -2.44. The van der Waals surface area contributed by atoms with E-state index >= 15 is 4.39 Å². The fourth-order valence-corrected chi connectivity index (χ4v) is 13.2. The molecule has 11 rings (SSSR count). The summed E-state index contributed by atoms with van der Waals surface area (Å²) in [7, 11) is 0.744. The molecule has 5 aliphatic rings. The Morgan fingerprint density at radius 2 is 1.51 bits per heavy atom. The zero-order chi connectivity index (χ0) is 53.0. The maximum absolute atomic E-state index is 15.6. The van der Waals surface area contributed by atoms with Crippen molar-refractivity contribution in [1.82, 2.24) is 49.7 Å². The van der Waals surface area contributed by atoms with E-state index in [-0.39, 0.29) is 29.7 Å². The summed E-state index contributed by atoms with van der Waals surface area (Å²) >= 11 is 3.61. The number of carbonyl (C=O) groups excluding carboxylic acids is 4. The van der Waals surface area contributed by atoms with Crippen LogP contribution in [0.25, 0.3) is 22.2 Å². The number of methoxy groups -OCH3 is 1. The minimum Gasteiger partial charge on any atom is -0.494 e. The Balaban J connectivity index is 0.704. The second-order valence-electron chi connectivity index (χ2n) is 20.6. The van der Waals surface area contributed by atoms with E-state index in [9.17, 15) is 23.7 Å². The van der Waals surface area contributed by atoms with Crippen LogP contribution in [0.2, 0.25) is 0 Å². The van der Waals surface area contributed by atoms with Crippen molar-refractivity contribution in [1.29, 1.82) is 0 Å². The van der Waals surface area contributed by atoms with E-state index in [1.165, 1.54) is 6.07 Å². The van der Waals surface area contributed by atoms with Gasteiger partial charge in [-0.15, -0.1) is 0 Å². The summed E-state index contributed by atoms with van der Waals surface area (Å²) in [5.41, 5.74) is 5.86. The SMILES string of the molecule is COc1cc(N2CCC(N3CCN(CC4CCN(c5cc6c(cc5F)C(=O)N(C5CCC(=O)NC5=O)C6=O)CC4)CC3)CC2)c(-c2cnn(C)c2)cc1Nc1ncc(Br)c(Nc2ccc3nccnc3c2P(C)(C)=O)n1. The summed E-state index contributed by atoms with van der Waals surface area (Å²) in [5, 5.41) is 14.1. The molecule has 23 heteroatoms. The molecule has 4 saturated heterocycles. The first-order chi connectivity index (χ1) is 36.6. The number of nitrogens with one attached hydrogen (secondary N) is 3. The number of carbonyl (C=O) groups is 4. The summed E-state index contributed by atoms with van der Waals surface area (Å²) in [6.07, 6.45) is 12.6. The third kappa shape index (κ3) is 10.1. The van der Waals surface area contributed by atoms with Gasteiger partial charge in [0.25, 0.3) is 11.8 Å². The van der Waals surface area contributed by atoms with Crippen LogP contribution in [-0.4, -0.2) is 159 Å². The quantitative estimate of drug-likeness (QED) is 0.0846. The Morgan fingerprint density at radius 1 is 0.803 bits per heavy atom. The fourth-order valence-electron chi connectivity index (χ4n) is 11.5. The molecule has 1 unspecified atom stereocenters. The molecule has 0 saturated carbocycles. The molecule has 76 heavy (non-hydrogen) atoms. The van der Waals surface area contributed by atoms with Gasteiger partial charge in [0.1, 0.15) is 36.1 Å². The van der Waals surface area contributed by atoms with E-state index in [1.807, 2.05) is 36.5 Å². The summed E-state index contributed by atoms with van der Waals surface area (Å²) in [5.74, 6) is -1.19. The van der Waals surface area contributed by atoms with Crippen LogP contribution in [0.5, 0.6) is 5.75 Å². The van der Waals surface area contributed by atoms with E-state index < -0.39 is 42.6 Å². The number of hydrogen-bond acceptors (Lipinski definition) is 17. The number of piperidine rings is 3. The van der Waals surface area contributed by atoms with Crippen molar-refractivity contribution < 1.29 is 32.9 Å². The smallest absolute Gasteiger partial charge is 0.262 e. The maximum atomic E-state index is 15.6. The minimum absolute atomic E-state index is 0.0177. The third-order valence-corrected chi connectivity index (χ3v) is 17.5. The van der Waals surface area contributed by atoms with Crippen LogP contribution in [0.3, 0.4) is 0 Å². The first-order valence-electron chi connectivity index (χ1n) is 25.7. The van der Waals surface area contributed by atoms with Crippen molar-refractivity contribution in [2.45, 2.75) is 50.6 Å². The lowest BCUT2D eigenvalue weighted by Crippen LogP contribution is -2.54. The monoisotopic (exact) mass is 1120 g/mol. The van der Waals surface area contributed by atoms with Gasteiger partial charge in [-0.05, 0) is 97.6 Å². The van der Waals surface area contributed by atoms with Gasteiger partial charge in [0.2, 0.25) is 17.8 Å². The summed E-state index contributed by atoms with van der Waals surface area (Å²) in [6, 6.07) is 9.78. The number of benzene rings is 3. The predicted molar refractivity (Wildman–Crippen MR) is 291 cm³/mol. The largest absolute Gasteiger partial charge is 0.494 e. The number of ether oxygens (including phenoxy) is 1. The second-order valence-corrected chi connectivity index (χ2v) is 24.6. The molecule has 0 aliphatic carbocycles. The average molecular weight is 1120 g/mol. The van der Waals surface area contributed by atoms with Crippen molar-refractivity contribution in [2.24, 2.45) is 13.0 Å². The first kappa shape index (κ1) is 51.2. The standard InChI is InChI=1S/C53H59BrFN14O6P/c1-64-30-32(27-59-64)34-24-41(61-53-58-28-37(54)49(63-53)60-40-6-5-39-47(57-14-13-56-39)48(40)76(3,4)74)45(75-2)26-43(34)67-17-11-33(12-18-67)66-21-19-65(20-22-66)29-31-9-15-68(16-10-31)44-25-36-35(23-38(44)55)51(72)69(52(36)73)42-7-8-46(70)62-50(42)71/h5-6,13-14,23-28,30-31,33,42H,7-12,15-22,29H2,1-4H3,(H,62,70,71)(H2,58,60,61,63). The van der Waals surface area contributed by atoms with Gasteiger partial charge in [-0.2, -0.15) is 10.1 Å². The number of halogens is 2. The molecule has 3 aromatic carbocycles. The van der Waals surface area contributed by atoms with Crippen LogP contribution in [0.1, 0.15) is 59.2 Å². The van der Waals surface area contributed by atoms with Crippen molar-refractivity contribution in [3.63, 3.8) is 0 Å². The van der Waals surface area contributed by atoms with Crippen LogP contribution in [-0.2, 0) is 21.2 Å². The van der Waals surface area contributed by atoms with E-state index in [2.05, 4.69) is 78.8 Å². The molecule has 3 aromatic heterocycles. The number of amides is 4. The molecule has 1 atom stereocenters. The van der Waals surface area contributed by atoms with Gasteiger partial charge in [-0.25, -0.2) is 9.37 Å². The summed E-state index contributed by atoms with van der Waals surface area (Å²) in [4.78, 5) is 79.8. The molecule has 3 N–H and O–H groups in total. The Bertz CT molecular complexity index is 3330. The maximum Gasteiger partial charge on any atom is 0.262 e. The van der Waals surface area contributed by atoms with Crippen molar-refractivity contribution >= 4 is 97.6 Å². The molecule has 0 radical (unpaired) electrons. The van der Waals surface area contributed by atoms with Gasteiger partial charge in [0.15, 0.2) is 0 Å². The zero-order valence-electron chi connectivity index (χ0n) is 42.8. The van der Waals surface area contributed by atoms with Gasteiger partial charge in [0, 0.05) is 126 Å². The highest BCUT2D eigenvalue weighted by atomic mass is 79.9. The highest BCUT2D eigenvalue weighted by Crippen LogP contribution is 2.44. The number of fused-ring (bicyclic) bond motifs is 2. The van der Waals surface area contributed by atoms with E-state index in [4.69, 9.17) is 9.72 Å². The number of aryl methyl sites for hydroxylation is 1. The lowest BCUT2D eigenvalue weighted by molar-refractivity contribution is -0.136. The third-order valence-electron chi connectivity index (χ3n) is 15.4. The first-order valence-corrected chi connectivity index (χ1v) is 29.1.